The molecule has 0 aromatic carbocycles. The predicted octanol–water partition coefficient (Wildman–Crippen LogP) is -4.61. The summed E-state index contributed by atoms with van der Waals surface area (Å²) in [5.41, 5.74) is 0. The van der Waals surface area contributed by atoms with Gasteiger partial charge in [0.1, 0.15) is 48.8 Å². The zero-order valence-electron chi connectivity index (χ0n) is 16.0. The Balaban J connectivity index is 2.16. The van der Waals surface area contributed by atoms with E-state index < -0.39 is 73.9 Å². The third-order valence-corrected chi connectivity index (χ3v) is 4.57. The van der Waals surface area contributed by atoms with Crippen LogP contribution in [0.3, 0.4) is 0 Å². The standard InChI is InChI=1S/C17H26N2O11/c1-3-4-27-18-5-8-11(22)13(24)14(25)17(29-8)30-15-9(6-20)28-16(26)10(12(15)23)19-7(2)21/h1,5,8-17,20,22-26H,4,6H2,2H3,(H,19,21)/b18-5-/t8?,9?,10?,11-,12+,13-,14?,15+,16+,17-/m0/s1. The highest BCUT2D eigenvalue weighted by Crippen LogP contribution is 2.28. The maximum atomic E-state index is 11.3. The van der Waals surface area contributed by atoms with E-state index in [4.69, 9.17) is 25.5 Å². The number of nitrogens with zero attached hydrogens (tertiary/aromatic N) is 1. The second kappa shape index (κ2) is 11.0. The molecular weight excluding hydrogens is 408 g/mol. The first-order valence-electron chi connectivity index (χ1n) is 9.04. The van der Waals surface area contributed by atoms with E-state index in [0.29, 0.717) is 0 Å². The third-order valence-electron chi connectivity index (χ3n) is 4.57. The van der Waals surface area contributed by atoms with Gasteiger partial charge in [0.05, 0.1) is 12.8 Å². The van der Waals surface area contributed by atoms with E-state index in [1.807, 2.05) is 0 Å². The molecule has 10 atom stereocenters. The summed E-state index contributed by atoms with van der Waals surface area (Å²) >= 11 is 0. The molecule has 0 bridgehead atoms. The molecule has 2 heterocycles. The van der Waals surface area contributed by atoms with E-state index in [1.54, 1.807) is 0 Å². The first kappa shape index (κ1) is 24.4. The average molecular weight is 434 g/mol. The number of oxime groups is 1. The minimum absolute atomic E-state index is 0.152. The highest BCUT2D eigenvalue weighted by molar-refractivity contribution is 5.73. The molecule has 4 unspecified atom stereocenters. The Morgan fingerprint density at radius 3 is 2.47 bits per heavy atom. The van der Waals surface area contributed by atoms with Crippen molar-refractivity contribution in [2.75, 3.05) is 13.2 Å². The molecular formula is C17H26N2O11. The molecule has 2 saturated heterocycles. The van der Waals surface area contributed by atoms with Gasteiger partial charge >= 0.3 is 0 Å². The van der Waals surface area contributed by atoms with Crippen LogP contribution in [0.1, 0.15) is 6.92 Å². The molecule has 2 rings (SSSR count). The van der Waals surface area contributed by atoms with Crippen LogP contribution in [0.5, 0.6) is 0 Å². The maximum Gasteiger partial charge on any atom is 0.217 e. The maximum absolute atomic E-state index is 11.3. The molecule has 0 radical (unpaired) electrons. The van der Waals surface area contributed by atoms with Gasteiger partial charge in [0.25, 0.3) is 0 Å². The van der Waals surface area contributed by atoms with Gasteiger partial charge in [0.2, 0.25) is 5.91 Å². The molecule has 1 amide bonds. The molecule has 13 heteroatoms. The summed E-state index contributed by atoms with van der Waals surface area (Å²) < 4.78 is 16.1. The normalized spacial score (nSPS) is 41.9. The molecule has 170 valence electrons. The van der Waals surface area contributed by atoms with E-state index in [-0.39, 0.29) is 6.61 Å². The second-order valence-corrected chi connectivity index (χ2v) is 6.74. The minimum atomic E-state index is -1.76. The highest BCUT2D eigenvalue weighted by Gasteiger charge is 2.50. The van der Waals surface area contributed by atoms with Crippen molar-refractivity contribution in [2.24, 2.45) is 5.16 Å². The summed E-state index contributed by atoms with van der Waals surface area (Å²) in [6, 6.07) is -1.30. The molecule has 7 N–H and O–H groups in total. The van der Waals surface area contributed by atoms with Crippen LogP contribution >= 0.6 is 0 Å². The lowest BCUT2D eigenvalue weighted by Gasteiger charge is -2.46. The lowest BCUT2D eigenvalue weighted by Crippen LogP contribution is -2.67. The van der Waals surface area contributed by atoms with Crippen LogP contribution in [0.25, 0.3) is 0 Å². The number of nitrogens with one attached hydrogen (secondary N) is 1. The van der Waals surface area contributed by atoms with Gasteiger partial charge < -0.3 is 55.0 Å². The Bertz CT molecular complexity index is 642. The molecule has 2 aliphatic heterocycles. The SMILES string of the molecule is C#CCO/N=C\C1O[C@@H](O[C@@H]2C(CO)O[C@@H](O)C(NC(C)=O)[C@H]2O)C(O)[C@@H](O)[C@H]1O. The smallest absolute Gasteiger partial charge is 0.217 e. The lowest BCUT2D eigenvalue weighted by atomic mass is 9.95. The van der Waals surface area contributed by atoms with E-state index in [2.05, 4.69) is 16.4 Å². The summed E-state index contributed by atoms with van der Waals surface area (Å²) in [4.78, 5) is 16.0. The van der Waals surface area contributed by atoms with Crippen LogP contribution in [-0.2, 0) is 23.8 Å². The van der Waals surface area contributed by atoms with Crippen molar-refractivity contribution in [1.82, 2.24) is 5.32 Å². The summed E-state index contributed by atoms with van der Waals surface area (Å²) in [5.74, 6) is 1.59. The Kier molecular flexibility index (Phi) is 8.92. The monoisotopic (exact) mass is 434 g/mol. The first-order chi connectivity index (χ1) is 14.2. The van der Waals surface area contributed by atoms with Gasteiger partial charge in [-0.15, -0.1) is 6.42 Å². The number of carbonyl (C=O) groups excluding carboxylic acids is 1. The van der Waals surface area contributed by atoms with Crippen molar-refractivity contribution >= 4 is 12.1 Å². The summed E-state index contributed by atoms with van der Waals surface area (Å²) in [6.07, 6.45) is -7.84. The Morgan fingerprint density at radius 1 is 1.17 bits per heavy atom. The number of rotatable bonds is 7. The number of aliphatic hydroxyl groups excluding tert-OH is 6. The van der Waals surface area contributed by atoms with Gasteiger partial charge in [-0.2, -0.15) is 0 Å². The molecule has 0 aliphatic carbocycles. The quantitative estimate of drug-likeness (QED) is 0.0880. The van der Waals surface area contributed by atoms with Crippen molar-refractivity contribution in [1.29, 1.82) is 0 Å². The topological polar surface area (TPSA) is 200 Å². The lowest BCUT2D eigenvalue weighted by molar-refractivity contribution is -0.335. The summed E-state index contributed by atoms with van der Waals surface area (Å²) in [7, 11) is 0. The van der Waals surface area contributed by atoms with E-state index in [0.717, 1.165) is 13.1 Å². The largest absolute Gasteiger partial charge is 0.394 e. The molecule has 0 aromatic heterocycles. The summed E-state index contributed by atoms with van der Waals surface area (Å²) in [6.45, 7) is 0.316. The van der Waals surface area contributed by atoms with Crippen LogP contribution in [0.2, 0.25) is 0 Å². The van der Waals surface area contributed by atoms with Gasteiger partial charge in [-0.05, 0) is 0 Å². The van der Waals surface area contributed by atoms with E-state index in [9.17, 15) is 35.4 Å². The van der Waals surface area contributed by atoms with Crippen LogP contribution in [0.4, 0.5) is 0 Å². The molecule has 13 nitrogen and oxygen atoms in total. The Hall–Kier alpha value is -1.86. The fraction of sp³-hybridized carbons (Fsp3) is 0.765. The number of hydrogen-bond donors (Lipinski definition) is 7. The number of carbonyl (C=O) groups is 1. The van der Waals surface area contributed by atoms with Crippen LogP contribution in [-0.4, -0.2) is 117 Å². The van der Waals surface area contributed by atoms with Crippen LogP contribution in [0, 0.1) is 12.3 Å². The van der Waals surface area contributed by atoms with E-state index >= 15 is 0 Å². The average Bonchev–Trinajstić information content (AvgIpc) is 2.71. The van der Waals surface area contributed by atoms with Crippen molar-refractivity contribution in [3.8, 4) is 12.3 Å². The third kappa shape index (κ3) is 5.64. The number of hydrogen-bond acceptors (Lipinski definition) is 12. The van der Waals surface area contributed by atoms with Crippen molar-refractivity contribution < 1.29 is 54.5 Å². The van der Waals surface area contributed by atoms with Crippen molar-refractivity contribution in [2.45, 2.75) is 68.3 Å². The zero-order chi connectivity index (χ0) is 22.4. The van der Waals surface area contributed by atoms with E-state index in [1.165, 1.54) is 0 Å². The van der Waals surface area contributed by atoms with Crippen LogP contribution < -0.4 is 5.32 Å². The van der Waals surface area contributed by atoms with Crippen molar-refractivity contribution in [3.05, 3.63) is 0 Å². The summed E-state index contributed by atoms with van der Waals surface area (Å²) in [5, 5.41) is 66.1. The minimum Gasteiger partial charge on any atom is -0.394 e. The Labute approximate surface area is 171 Å². The number of amides is 1. The number of terminal acetylenes is 1. The molecule has 0 aromatic rings. The fourth-order valence-electron chi connectivity index (χ4n) is 3.08. The van der Waals surface area contributed by atoms with Crippen LogP contribution in [0.15, 0.2) is 5.16 Å². The fourth-order valence-corrected chi connectivity index (χ4v) is 3.08. The van der Waals surface area contributed by atoms with Gasteiger partial charge in [-0.1, -0.05) is 11.1 Å². The van der Waals surface area contributed by atoms with Gasteiger partial charge in [-0.25, -0.2) is 0 Å². The molecule has 2 fully saturated rings. The molecule has 0 spiro atoms. The molecule has 2 aliphatic rings. The zero-order valence-corrected chi connectivity index (χ0v) is 16.0. The molecule has 30 heavy (non-hydrogen) atoms. The van der Waals surface area contributed by atoms with Gasteiger partial charge in [-0.3, -0.25) is 4.79 Å². The van der Waals surface area contributed by atoms with Gasteiger partial charge in [0, 0.05) is 6.92 Å². The number of aliphatic hydroxyl groups is 6. The predicted molar refractivity (Wildman–Crippen MR) is 96.4 cm³/mol. The Morgan fingerprint density at radius 2 is 1.87 bits per heavy atom. The van der Waals surface area contributed by atoms with Crippen molar-refractivity contribution in [3.63, 3.8) is 0 Å². The highest BCUT2D eigenvalue weighted by atomic mass is 16.7. The number of ether oxygens (including phenoxy) is 3. The second-order valence-electron chi connectivity index (χ2n) is 6.74. The molecule has 0 saturated carbocycles. The van der Waals surface area contributed by atoms with Gasteiger partial charge in [0.15, 0.2) is 19.2 Å². The first-order valence-corrected chi connectivity index (χ1v) is 9.04.